The van der Waals surface area contributed by atoms with Crippen molar-refractivity contribution in [3.63, 3.8) is 0 Å². The predicted octanol–water partition coefficient (Wildman–Crippen LogP) is 2.83. The van der Waals surface area contributed by atoms with Crippen LogP contribution in [-0.4, -0.2) is 36.9 Å². The van der Waals surface area contributed by atoms with Crippen molar-refractivity contribution in [2.24, 2.45) is 0 Å². The van der Waals surface area contributed by atoms with Crippen molar-refractivity contribution in [1.82, 2.24) is 23.8 Å². The first-order chi connectivity index (χ1) is 14.1. The Hall–Kier alpha value is -2.90. The van der Waals surface area contributed by atoms with E-state index in [0.717, 1.165) is 42.7 Å². The number of piperidine rings is 1. The van der Waals surface area contributed by atoms with Gasteiger partial charge in [-0.05, 0) is 37.1 Å². The fraction of sp³-hybridized carbons (Fsp3) is 0.286. The molecule has 1 aliphatic rings. The number of nitrogens with zero attached hydrogens (tertiary/aromatic N) is 4. The summed E-state index contributed by atoms with van der Waals surface area (Å²) in [6.45, 7) is 2.31. The van der Waals surface area contributed by atoms with Gasteiger partial charge >= 0.3 is 5.69 Å². The molecule has 0 bridgehead atoms. The number of H-pyrrole nitrogens is 1. The Morgan fingerprint density at radius 3 is 2.72 bits per heavy atom. The lowest BCUT2D eigenvalue weighted by Gasteiger charge is -2.32. The van der Waals surface area contributed by atoms with E-state index in [1.54, 1.807) is 24.4 Å². The van der Waals surface area contributed by atoms with Crippen molar-refractivity contribution in [2.75, 3.05) is 13.1 Å². The maximum Gasteiger partial charge on any atom is 0.326 e. The number of para-hydroxylation sites is 2. The normalized spacial score (nSPS) is 16.0. The lowest BCUT2D eigenvalue weighted by molar-refractivity contribution is 0.178. The zero-order valence-electron chi connectivity index (χ0n) is 15.7. The van der Waals surface area contributed by atoms with Crippen LogP contribution >= 0.6 is 11.6 Å². The zero-order valence-corrected chi connectivity index (χ0v) is 16.5. The second-order valence-electron chi connectivity index (χ2n) is 7.49. The third kappa shape index (κ3) is 3.36. The summed E-state index contributed by atoms with van der Waals surface area (Å²) in [7, 11) is 0. The Morgan fingerprint density at radius 2 is 1.90 bits per heavy atom. The molecule has 1 aromatic carbocycles. The van der Waals surface area contributed by atoms with E-state index < -0.39 is 0 Å². The van der Waals surface area contributed by atoms with Gasteiger partial charge < -0.3 is 4.98 Å². The molecule has 148 valence electrons. The molecule has 0 spiro atoms. The molecule has 4 heterocycles. The van der Waals surface area contributed by atoms with Gasteiger partial charge in [0.25, 0.3) is 5.56 Å². The minimum Gasteiger partial charge on any atom is -0.306 e. The topological polar surface area (TPSA) is 75.4 Å². The molecule has 1 saturated heterocycles. The SMILES string of the molecule is O=c1[nH]c2ccccc2n1C1CCN(Cc2cc(=O)n3cc(Cl)ccc3n2)CC1. The zero-order chi connectivity index (χ0) is 20.0. The molecule has 1 aliphatic heterocycles. The fourth-order valence-electron chi connectivity index (χ4n) is 4.21. The van der Waals surface area contributed by atoms with Crippen molar-refractivity contribution in [1.29, 1.82) is 0 Å². The average Bonchev–Trinajstić information content (AvgIpc) is 3.05. The largest absolute Gasteiger partial charge is 0.326 e. The van der Waals surface area contributed by atoms with Crippen LogP contribution in [0.2, 0.25) is 5.02 Å². The number of hydrogen-bond donors (Lipinski definition) is 1. The number of nitrogens with one attached hydrogen (secondary N) is 1. The maximum atomic E-state index is 12.4. The number of pyridine rings is 1. The van der Waals surface area contributed by atoms with Crippen molar-refractivity contribution in [3.8, 4) is 0 Å². The van der Waals surface area contributed by atoms with E-state index in [9.17, 15) is 9.59 Å². The Balaban J connectivity index is 1.33. The first-order valence-electron chi connectivity index (χ1n) is 9.68. The molecule has 0 aliphatic carbocycles. The number of aromatic nitrogens is 4. The van der Waals surface area contributed by atoms with Crippen molar-refractivity contribution >= 4 is 28.3 Å². The lowest BCUT2D eigenvalue weighted by atomic mass is 10.0. The van der Waals surface area contributed by atoms with Crippen LogP contribution in [0.3, 0.4) is 0 Å². The van der Waals surface area contributed by atoms with Crippen molar-refractivity contribution in [3.05, 3.63) is 80.2 Å². The molecule has 0 saturated carbocycles. The van der Waals surface area contributed by atoms with Gasteiger partial charge in [0.2, 0.25) is 0 Å². The average molecular weight is 410 g/mol. The van der Waals surface area contributed by atoms with E-state index in [0.29, 0.717) is 17.2 Å². The summed E-state index contributed by atoms with van der Waals surface area (Å²) >= 11 is 5.97. The molecule has 0 atom stereocenters. The van der Waals surface area contributed by atoms with Crippen LogP contribution in [0.5, 0.6) is 0 Å². The Bertz CT molecular complexity index is 1310. The van der Waals surface area contributed by atoms with Crippen molar-refractivity contribution < 1.29 is 0 Å². The molecule has 1 fully saturated rings. The highest BCUT2D eigenvalue weighted by atomic mass is 35.5. The highest BCUT2D eigenvalue weighted by Crippen LogP contribution is 2.25. The minimum atomic E-state index is -0.132. The third-order valence-corrected chi connectivity index (χ3v) is 5.83. The van der Waals surface area contributed by atoms with Crippen LogP contribution in [0.15, 0.2) is 58.3 Å². The van der Waals surface area contributed by atoms with Crippen LogP contribution in [0.4, 0.5) is 0 Å². The number of hydrogen-bond acceptors (Lipinski definition) is 4. The molecule has 0 unspecified atom stereocenters. The number of halogens is 1. The van der Waals surface area contributed by atoms with Gasteiger partial charge in [0.1, 0.15) is 5.65 Å². The monoisotopic (exact) mass is 409 g/mol. The van der Waals surface area contributed by atoms with Gasteiger partial charge in [-0.1, -0.05) is 23.7 Å². The summed E-state index contributed by atoms with van der Waals surface area (Å²) < 4.78 is 3.35. The molecule has 0 radical (unpaired) electrons. The van der Waals surface area contributed by atoms with Gasteiger partial charge in [0.05, 0.1) is 21.7 Å². The van der Waals surface area contributed by atoms with E-state index in [4.69, 9.17) is 11.6 Å². The van der Waals surface area contributed by atoms with E-state index in [1.165, 1.54) is 4.40 Å². The summed E-state index contributed by atoms with van der Waals surface area (Å²) in [5, 5.41) is 0.503. The second-order valence-corrected chi connectivity index (χ2v) is 7.92. The number of fused-ring (bicyclic) bond motifs is 2. The van der Waals surface area contributed by atoms with Crippen LogP contribution in [-0.2, 0) is 6.54 Å². The van der Waals surface area contributed by atoms with E-state index in [-0.39, 0.29) is 17.3 Å². The predicted molar refractivity (Wildman–Crippen MR) is 113 cm³/mol. The fourth-order valence-corrected chi connectivity index (χ4v) is 4.37. The molecule has 3 aromatic heterocycles. The van der Waals surface area contributed by atoms with Gasteiger partial charge in [-0.2, -0.15) is 0 Å². The Labute approximate surface area is 171 Å². The molecular weight excluding hydrogens is 390 g/mol. The standard InChI is InChI=1S/C21H20ClN5O2/c22-14-5-6-19-23-15(11-20(28)26(19)12-14)13-25-9-7-16(8-10-25)27-18-4-2-1-3-17(18)24-21(27)29/h1-6,11-12,16H,7-10,13H2,(H,24,29). The molecule has 7 nitrogen and oxygen atoms in total. The van der Waals surface area contributed by atoms with E-state index in [1.807, 2.05) is 28.8 Å². The van der Waals surface area contributed by atoms with Crippen LogP contribution < -0.4 is 11.2 Å². The molecule has 0 amide bonds. The van der Waals surface area contributed by atoms with Crippen LogP contribution in [0.25, 0.3) is 16.7 Å². The van der Waals surface area contributed by atoms with Gasteiger partial charge in [-0.3, -0.25) is 18.7 Å². The first kappa shape index (κ1) is 18.1. The van der Waals surface area contributed by atoms with Crippen molar-refractivity contribution in [2.45, 2.75) is 25.4 Å². The van der Waals surface area contributed by atoms with Gasteiger partial charge in [-0.25, -0.2) is 9.78 Å². The number of rotatable bonds is 3. The number of likely N-dealkylation sites (tertiary alicyclic amines) is 1. The number of aromatic amines is 1. The number of benzene rings is 1. The lowest BCUT2D eigenvalue weighted by Crippen LogP contribution is -2.37. The van der Waals surface area contributed by atoms with Crippen LogP contribution in [0, 0.1) is 0 Å². The molecule has 8 heteroatoms. The highest BCUT2D eigenvalue weighted by molar-refractivity contribution is 6.30. The van der Waals surface area contributed by atoms with Crippen LogP contribution in [0.1, 0.15) is 24.6 Å². The molecular formula is C21H20ClN5O2. The first-order valence-corrected chi connectivity index (χ1v) is 10.1. The smallest absolute Gasteiger partial charge is 0.306 e. The summed E-state index contributed by atoms with van der Waals surface area (Å²) in [6, 6.07) is 13.0. The Kier molecular flexibility index (Phi) is 4.49. The van der Waals surface area contributed by atoms with E-state index in [2.05, 4.69) is 14.9 Å². The second kappa shape index (κ2) is 7.17. The summed E-state index contributed by atoms with van der Waals surface area (Å²) in [4.78, 5) is 34.6. The molecule has 5 rings (SSSR count). The van der Waals surface area contributed by atoms with Gasteiger partial charge in [0.15, 0.2) is 0 Å². The highest BCUT2D eigenvalue weighted by Gasteiger charge is 2.24. The quantitative estimate of drug-likeness (QED) is 0.564. The molecule has 29 heavy (non-hydrogen) atoms. The minimum absolute atomic E-state index is 0.0486. The number of imidazole rings is 1. The van der Waals surface area contributed by atoms with Gasteiger partial charge in [0, 0.05) is 37.9 Å². The summed E-state index contributed by atoms with van der Waals surface area (Å²) in [5.41, 5.74) is 3.00. The summed E-state index contributed by atoms with van der Waals surface area (Å²) in [5.74, 6) is 0. The van der Waals surface area contributed by atoms with Gasteiger partial charge in [-0.15, -0.1) is 0 Å². The van der Waals surface area contributed by atoms with E-state index >= 15 is 0 Å². The molecule has 4 aromatic rings. The Morgan fingerprint density at radius 1 is 1.10 bits per heavy atom. The third-order valence-electron chi connectivity index (χ3n) is 5.61. The maximum absolute atomic E-state index is 12.4. The molecule has 1 N–H and O–H groups in total. The summed E-state index contributed by atoms with van der Waals surface area (Å²) in [6.07, 6.45) is 3.34.